The second-order valence-electron chi connectivity index (χ2n) is 5.93. The molecule has 0 aliphatic carbocycles. The Morgan fingerprint density at radius 1 is 0.931 bits per heavy atom. The first kappa shape index (κ1) is 20.5. The minimum Gasteiger partial charge on any atom is -0.323 e. The van der Waals surface area contributed by atoms with Gasteiger partial charge < -0.3 is 10.6 Å². The second kappa shape index (κ2) is 7.66. The van der Waals surface area contributed by atoms with Gasteiger partial charge in [-0.25, -0.2) is 0 Å². The monoisotopic (exact) mass is 469 g/mol. The van der Waals surface area contributed by atoms with E-state index in [-0.39, 0.29) is 22.5 Å². The molecule has 0 spiro atoms. The van der Waals surface area contributed by atoms with Crippen LogP contribution in [0.4, 0.5) is 24.5 Å². The predicted octanol–water partition coefficient (Wildman–Crippen LogP) is 3.18. The van der Waals surface area contributed by atoms with Gasteiger partial charge >= 0.3 is 12.1 Å². The minimum absolute atomic E-state index is 0.116. The molecule has 150 valence electrons. The summed E-state index contributed by atoms with van der Waals surface area (Å²) in [5, 5.41) is 3.95. The predicted molar refractivity (Wildman–Crippen MR) is 99.3 cm³/mol. The van der Waals surface area contributed by atoms with Crippen molar-refractivity contribution in [2.45, 2.75) is 6.18 Å². The Morgan fingerprint density at radius 2 is 1.52 bits per heavy atom. The number of imide groups is 1. The number of anilines is 2. The van der Waals surface area contributed by atoms with Crippen molar-refractivity contribution in [1.29, 1.82) is 0 Å². The van der Waals surface area contributed by atoms with E-state index in [9.17, 15) is 32.3 Å². The van der Waals surface area contributed by atoms with E-state index in [1.54, 1.807) is 11.4 Å². The van der Waals surface area contributed by atoms with Crippen molar-refractivity contribution in [2.24, 2.45) is 0 Å². The molecule has 11 heteroatoms. The molecular formula is C18H11BrF3N3O4. The molecule has 1 aliphatic heterocycles. The average Bonchev–Trinajstić information content (AvgIpc) is 2.87. The Labute approximate surface area is 170 Å². The van der Waals surface area contributed by atoms with Crippen molar-refractivity contribution in [3.05, 3.63) is 58.1 Å². The maximum atomic E-state index is 12.5. The van der Waals surface area contributed by atoms with Crippen LogP contribution < -0.4 is 10.6 Å². The van der Waals surface area contributed by atoms with E-state index in [0.29, 0.717) is 4.47 Å². The van der Waals surface area contributed by atoms with Crippen LogP contribution in [0.1, 0.15) is 20.7 Å². The van der Waals surface area contributed by atoms with Crippen LogP contribution in [0.5, 0.6) is 0 Å². The van der Waals surface area contributed by atoms with Crippen LogP contribution in [0.2, 0.25) is 0 Å². The Bertz CT molecular complexity index is 1040. The first-order valence-electron chi connectivity index (χ1n) is 8.00. The Kier molecular flexibility index (Phi) is 5.42. The summed E-state index contributed by atoms with van der Waals surface area (Å²) in [6.07, 6.45) is -5.11. The number of para-hydroxylation sites is 2. The summed E-state index contributed by atoms with van der Waals surface area (Å²) < 4.78 is 38.0. The number of hydrogen-bond donors (Lipinski definition) is 2. The smallest absolute Gasteiger partial charge is 0.323 e. The van der Waals surface area contributed by atoms with Gasteiger partial charge in [-0.05, 0) is 30.3 Å². The number of fused-ring (bicyclic) bond motifs is 1. The third-order valence-corrected chi connectivity index (χ3v) is 4.43. The lowest BCUT2D eigenvalue weighted by molar-refractivity contribution is -0.167. The van der Waals surface area contributed by atoms with Crippen molar-refractivity contribution >= 4 is 50.9 Å². The molecule has 2 aromatic rings. The number of rotatable bonds is 4. The van der Waals surface area contributed by atoms with Crippen molar-refractivity contribution in [1.82, 2.24) is 4.90 Å². The van der Waals surface area contributed by atoms with Gasteiger partial charge in [-0.2, -0.15) is 13.2 Å². The zero-order chi connectivity index (χ0) is 21.3. The second-order valence-corrected chi connectivity index (χ2v) is 6.85. The van der Waals surface area contributed by atoms with E-state index < -0.39 is 36.3 Å². The number of carbonyl (C=O) groups is 4. The van der Waals surface area contributed by atoms with Gasteiger partial charge in [0.25, 0.3) is 11.8 Å². The number of benzene rings is 2. The number of halogens is 4. The quantitative estimate of drug-likeness (QED) is 0.672. The van der Waals surface area contributed by atoms with E-state index in [4.69, 9.17) is 0 Å². The first-order chi connectivity index (χ1) is 13.6. The Balaban J connectivity index is 1.73. The summed E-state index contributed by atoms with van der Waals surface area (Å²) >= 11 is 3.19. The lowest BCUT2D eigenvalue weighted by Crippen LogP contribution is -2.37. The van der Waals surface area contributed by atoms with Crippen molar-refractivity contribution in [3.63, 3.8) is 0 Å². The molecule has 1 aliphatic rings. The maximum absolute atomic E-state index is 12.5. The molecule has 0 saturated carbocycles. The van der Waals surface area contributed by atoms with E-state index in [2.05, 4.69) is 21.2 Å². The number of nitrogens with one attached hydrogen (secondary N) is 2. The fourth-order valence-corrected chi connectivity index (χ4v) is 3.00. The summed E-state index contributed by atoms with van der Waals surface area (Å²) in [4.78, 5) is 48.9. The van der Waals surface area contributed by atoms with Crippen LogP contribution in [0, 0.1) is 0 Å². The van der Waals surface area contributed by atoms with Crippen LogP contribution in [-0.4, -0.2) is 41.2 Å². The van der Waals surface area contributed by atoms with Gasteiger partial charge in [-0.1, -0.05) is 28.1 Å². The summed E-state index contributed by atoms with van der Waals surface area (Å²) in [7, 11) is 0. The Morgan fingerprint density at radius 3 is 2.14 bits per heavy atom. The van der Waals surface area contributed by atoms with Crippen molar-refractivity contribution in [2.75, 3.05) is 17.2 Å². The lowest BCUT2D eigenvalue weighted by Gasteiger charge is -2.16. The van der Waals surface area contributed by atoms with E-state index in [1.165, 1.54) is 36.4 Å². The SMILES string of the molecule is O=C(CN1C(=O)c2ccc(Br)cc2C1=O)Nc1ccccc1NC(=O)C(F)(F)F. The lowest BCUT2D eigenvalue weighted by atomic mass is 10.1. The largest absolute Gasteiger partial charge is 0.471 e. The zero-order valence-electron chi connectivity index (χ0n) is 14.3. The molecule has 29 heavy (non-hydrogen) atoms. The molecule has 0 saturated heterocycles. The molecule has 3 rings (SSSR count). The molecule has 2 N–H and O–H groups in total. The molecule has 0 fully saturated rings. The number of carbonyl (C=O) groups excluding carboxylic acids is 4. The van der Waals surface area contributed by atoms with Crippen LogP contribution in [0.25, 0.3) is 0 Å². The van der Waals surface area contributed by atoms with Gasteiger partial charge in [0.15, 0.2) is 0 Å². The summed E-state index contributed by atoms with van der Waals surface area (Å²) in [5.74, 6) is -4.36. The Hall–Kier alpha value is -3.21. The molecule has 0 aromatic heterocycles. The van der Waals surface area contributed by atoms with Gasteiger partial charge in [0, 0.05) is 4.47 Å². The molecule has 1 heterocycles. The van der Waals surface area contributed by atoms with Crippen molar-refractivity contribution < 1.29 is 32.3 Å². The highest BCUT2D eigenvalue weighted by Gasteiger charge is 2.39. The standard InChI is InChI=1S/C18H11BrF3N3O4/c19-9-5-6-10-11(7-9)16(28)25(15(10)27)8-14(26)23-12-3-1-2-4-13(12)24-17(29)18(20,21)22/h1-7H,8H2,(H,23,26)(H,24,29). The topological polar surface area (TPSA) is 95.6 Å². The maximum Gasteiger partial charge on any atom is 0.471 e. The van der Waals surface area contributed by atoms with Gasteiger partial charge in [0.1, 0.15) is 6.54 Å². The van der Waals surface area contributed by atoms with E-state index >= 15 is 0 Å². The number of amides is 4. The minimum atomic E-state index is -5.11. The van der Waals surface area contributed by atoms with Crippen LogP contribution in [0.15, 0.2) is 46.9 Å². The molecule has 0 bridgehead atoms. The number of alkyl halides is 3. The number of hydrogen-bond acceptors (Lipinski definition) is 4. The fraction of sp³-hybridized carbons (Fsp3) is 0.111. The van der Waals surface area contributed by atoms with E-state index in [1.807, 2.05) is 0 Å². The van der Waals surface area contributed by atoms with Gasteiger partial charge in [0.2, 0.25) is 5.91 Å². The fourth-order valence-electron chi connectivity index (χ4n) is 2.63. The van der Waals surface area contributed by atoms with Gasteiger partial charge in [-0.15, -0.1) is 0 Å². The first-order valence-corrected chi connectivity index (χ1v) is 8.80. The summed E-state index contributed by atoms with van der Waals surface area (Å²) in [6.45, 7) is -0.647. The molecule has 7 nitrogen and oxygen atoms in total. The normalized spacial score (nSPS) is 13.3. The molecule has 2 aromatic carbocycles. The van der Waals surface area contributed by atoms with Gasteiger partial charge in [0.05, 0.1) is 22.5 Å². The third-order valence-electron chi connectivity index (χ3n) is 3.94. The highest BCUT2D eigenvalue weighted by Crippen LogP contribution is 2.27. The molecule has 0 radical (unpaired) electrons. The highest BCUT2D eigenvalue weighted by molar-refractivity contribution is 9.10. The van der Waals surface area contributed by atoms with E-state index in [0.717, 1.165) is 4.90 Å². The van der Waals surface area contributed by atoms with Crippen LogP contribution in [-0.2, 0) is 9.59 Å². The molecular weight excluding hydrogens is 459 g/mol. The van der Waals surface area contributed by atoms with Gasteiger partial charge in [-0.3, -0.25) is 24.1 Å². The highest BCUT2D eigenvalue weighted by atomic mass is 79.9. The number of nitrogens with zero attached hydrogens (tertiary/aromatic N) is 1. The summed E-state index contributed by atoms with van der Waals surface area (Å²) in [6, 6.07) is 9.70. The average molecular weight is 470 g/mol. The third kappa shape index (κ3) is 4.29. The van der Waals surface area contributed by atoms with Crippen LogP contribution in [0.3, 0.4) is 0 Å². The zero-order valence-corrected chi connectivity index (χ0v) is 15.9. The van der Waals surface area contributed by atoms with Crippen molar-refractivity contribution in [3.8, 4) is 0 Å². The molecule has 0 unspecified atom stereocenters. The molecule has 0 atom stereocenters. The molecule has 4 amide bonds. The van der Waals surface area contributed by atoms with Crippen LogP contribution >= 0.6 is 15.9 Å². The summed E-state index contributed by atoms with van der Waals surface area (Å²) in [5.41, 5.74) is -0.122.